The number of aryl methyl sites for hydroxylation is 1. The predicted octanol–water partition coefficient (Wildman–Crippen LogP) is 3.74. The zero-order valence-electron chi connectivity index (χ0n) is 10.3. The van der Waals surface area contributed by atoms with Gasteiger partial charge in [0.05, 0.1) is 18.3 Å². The van der Waals surface area contributed by atoms with Gasteiger partial charge in [-0.3, -0.25) is 15.3 Å². The van der Waals surface area contributed by atoms with Crippen LogP contribution in [0.1, 0.15) is 24.1 Å². The number of aromatic nitrogens is 1. The molecule has 0 amide bonds. The molecule has 18 heavy (non-hydrogen) atoms. The Morgan fingerprint density at radius 1 is 1.28 bits per heavy atom. The molecule has 1 N–H and O–H groups in total. The zero-order valence-corrected chi connectivity index (χ0v) is 11.0. The second-order valence-corrected chi connectivity index (χ2v) is 5.02. The molecule has 1 aliphatic carbocycles. The van der Waals surface area contributed by atoms with Gasteiger partial charge in [0.15, 0.2) is 0 Å². The molecule has 3 rings (SSSR count). The van der Waals surface area contributed by atoms with Crippen molar-refractivity contribution >= 4 is 28.2 Å². The second kappa shape index (κ2) is 4.75. The molecule has 94 valence electrons. The molecule has 0 atom stereocenters. The fourth-order valence-electron chi connectivity index (χ4n) is 2.62. The maximum absolute atomic E-state index is 6.04. The minimum absolute atomic E-state index is 0.717. The fraction of sp³-hybridized carbons (Fsp3) is 0.357. The molecule has 0 radical (unpaired) electrons. The van der Waals surface area contributed by atoms with Crippen molar-refractivity contribution < 1.29 is 4.84 Å². The van der Waals surface area contributed by atoms with Gasteiger partial charge in [0, 0.05) is 16.1 Å². The molecule has 1 aliphatic rings. The molecule has 0 saturated heterocycles. The monoisotopic (exact) mass is 262 g/mol. The van der Waals surface area contributed by atoms with Crippen molar-refractivity contribution in [2.45, 2.75) is 25.7 Å². The highest BCUT2D eigenvalue weighted by atomic mass is 35.5. The summed E-state index contributed by atoms with van der Waals surface area (Å²) in [6.07, 6.45) is 4.52. The topological polar surface area (TPSA) is 34.1 Å². The summed E-state index contributed by atoms with van der Waals surface area (Å²) in [6.45, 7) is 0. The number of halogens is 1. The average molecular weight is 263 g/mol. The molecular weight excluding hydrogens is 248 g/mol. The molecule has 4 heteroatoms. The van der Waals surface area contributed by atoms with Crippen molar-refractivity contribution in [1.82, 2.24) is 4.98 Å². The Bertz CT molecular complexity index is 598. The van der Waals surface area contributed by atoms with Crippen molar-refractivity contribution in [3.05, 3.63) is 34.5 Å². The lowest BCUT2D eigenvalue weighted by Crippen LogP contribution is -2.10. The minimum atomic E-state index is 0.717. The Labute approximate surface area is 111 Å². The summed E-state index contributed by atoms with van der Waals surface area (Å²) in [4.78, 5) is 9.86. The summed E-state index contributed by atoms with van der Waals surface area (Å²) in [5.41, 5.74) is 7.46. The highest BCUT2D eigenvalue weighted by molar-refractivity contribution is 6.31. The molecule has 1 heterocycles. The van der Waals surface area contributed by atoms with E-state index in [1.807, 2.05) is 18.2 Å². The highest BCUT2D eigenvalue weighted by Crippen LogP contribution is 2.34. The molecule has 0 aliphatic heterocycles. The van der Waals surface area contributed by atoms with Crippen LogP contribution in [0.5, 0.6) is 0 Å². The number of anilines is 1. The number of hydrogen-bond donors (Lipinski definition) is 1. The lowest BCUT2D eigenvalue weighted by Gasteiger charge is -2.20. The summed E-state index contributed by atoms with van der Waals surface area (Å²) in [5.74, 6) is 0. The molecule has 0 spiro atoms. The third-order valence-electron chi connectivity index (χ3n) is 3.43. The van der Waals surface area contributed by atoms with Crippen LogP contribution in [0.4, 0.5) is 5.69 Å². The van der Waals surface area contributed by atoms with Crippen LogP contribution in [0.2, 0.25) is 5.02 Å². The van der Waals surface area contributed by atoms with Gasteiger partial charge in [-0.25, -0.2) is 0 Å². The molecule has 2 aromatic rings. The minimum Gasteiger partial charge on any atom is -0.279 e. The second-order valence-electron chi connectivity index (χ2n) is 4.59. The van der Waals surface area contributed by atoms with Gasteiger partial charge >= 0.3 is 0 Å². The summed E-state index contributed by atoms with van der Waals surface area (Å²) < 4.78 is 0. The smallest absolute Gasteiger partial charge is 0.0748 e. The van der Waals surface area contributed by atoms with E-state index >= 15 is 0 Å². The van der Waals surface area contributed by atoms with E-state index in [0.717, 1.165) is 29.4 Å². The summed E-state index contributed by atoms with van der Waals surface area (Å²) >= 11 is 6.04. The molecule has 0 bridgehead atoms. The Balaban J connectivity index is 2.29. The molecule has 1 aromatic heterocycles. The van der Waals surface area contributed by atoms with E-state index in [9.17, 15) is 0 Å². The van der Waals surface area contributed by atoms with Crippen LogP contribution in [0, 0.1) is 0 Å². The van der Waals surface area contributed by atoms with Gasteiger partial charge in [-0.15, -0.1) is 0 Å². The van der Waals surface area contributed by atoms with E-state index in [-0.39, 0.29) is 0 Å². The lowest BCUT2D eigenvalue weighted by molar-refractivity contribution is 0.271. The standard InChI is InChI=1S/C14H15ClN2O/c1-18-17-14-10-4-2-3-5-12(10)16-13-8-9(15)6-7-11(13)14/h6-8H,2-5H2,1H3,(H,16,17). The van der Waals surface area contributed by atoms with Gasteiger partial charge in [-0.2, -0.15) is 0 Å². The Hall–Kier alpha value is -1.32. The van der Waals surface area contributed by atoms with Crippen molar-refractivity contribution in [2.24, 2.45) is 0 Å². The molecular formula is C14H15ClN2O. The summed E-state index contributed by atoms with van der Waals surface area (Å²) in [7, 11) is 1.64. The number of nitrogens with one attached hydrogen (secondary N) is 1. The third-order valence-corrected chi connectivity index (χ3v) is 3.66. The van der Waals surface area contributed by atoms with Crippen LogP contribution in [0.25, 0.3) is 10.9 Å². The maximum Gasteiger partial charge on any atom is 0.0748 e. The van der Waals surface area contributed by atoms with Gasteiger partial charge in [0.25, 0.3) is 0 Å². The average Bonchev–Trinajstić information content (AvgIpc) is 2.38. The van der Waals surface area contributed by atoms with E-state index in [4.69, 9.17) is 21.4 Å². The first-order valence-corrected chi connectivity index (χ1v) is 6.57. The van der Waals surface area contributed by atoms with E-state index in [1.165, 1.54) is 24.1 Å². The van der Waals surface area contributed by atoms with E-state index in [0.29, 0.717) is 5.02 Å². The lowest BCUT2D eigenvalue weighted by atomic mass is 9.93. The van der Waals surface area contributed by atoms with Gasteiger partial charge in [0.1, 0.15) is 0 Å². The first-order valence-electron chi connectivity index (χ1n) is 6.19. The molecule has 0 fully saturated rings. The first kappa shape index (κ1) is 11.8. The third kappa shape index (κ3) is 1.93. The van der Waals surface area contributed by atoms with Crippen molar-refractivity contribution in [3.63, 3.8) is 0 Å². The molecule has 3 nitrogen and oxygen atoms in total. The van der Waals surface area contributed by atoms with Crippen LogP contribution < -0.4 is 5.48 Å². The number of rotatable bonds is 2. The number of nitrogens with zero attached hydrogens (tertiary/aromatic N) is 1. The van der Waals surface area contributed by atoms with Gasteiger partial charge in [-0.1, -0.05) is 11.6 Å². The van der Waals surface area contributed by atoms with E-state index in [2.05, 4.69) is 5.48 Å². The zero-order chi connectivity index (χ0) is 12.5. The van der Waals surface area contributed by atoms with E-state index in [1.54, 1.807) is 7.11 Å². The number of hydrogen-bond acceptors (Lipinski definition) is 3. The van der Waals surface area contributed by atoms with Gasteiger partial charge < -0.3 is 0 Å². The van der Waals surface area contributed by atoms with Crippen LogP contribution in [0.15, 0.2) is 18.2 Å². The van der Waals surface area contributed by atoms with Gasteiger partial charge in [-0.05, 0) is 49.4 Å². The number of benzene rings is 1. The maximum atomic E-state index is 6.04. The van der Waals surface area contributed by atoms with Crippen LogP contribution in [-0.2, 0) is 17.7 Å². The first-order chi connectivity index (χ1) is 8.79. The van der Waals surface area contributed by atoms with Crippen molar-refractivity contribution in [1.29, 1.82) is 0 Å². The van der Waals surface area contributed by atoms with Crippen LogP contribution in [-0.4, -0.2) is 12.1 Å². The SMILES string of the molecule is CONc1c2c(nc3cc(Cl)ccc13)CCCC2. The Morgan fingerprint density at radius 2 is 2.11 bits per heavy atom. The predicted molar refractivity (Wildman–Crippen MR) is 74.0 cm³/mol. The van der Waals surface area contributed by atoms with Crippen molar-refractivity contribution in [2.75, 3.05) is 12.6 Å². The number of pyridine rings is 1. The van der Waals surface area contributed by atoms with Crippen LogP contribution in [0.3, 0.4) is 0 Å². The summed E-state index contributed by atoms with van der Waals surface area (Å²) in [6, 6.07) is 5.80. The number of fused-ring (bicyclic) bond motifs is 2. The Morgan fingerprint density at radius 3 is 2.94 bits per heavy atom. The van der Waals surface area contributed by atoms with Gasteiger partial charge in [0.2, 0.25) is 0 Å². The molecule has 0 unspecified atom stereocenters. The molecule has 0 saturated carbocycles. The normalized spacial score (nSPS) is 14.6. The molecule has 1 aromatic carbocycles. The highest BCUT2D eigenvalue weighted by Gasteiger charge is 2.18. The van der Waals surface area contributed by atoms with E-state index < -0.39 is 0 Å². The quantitative estimate of drug-likeness (QED) is 0.837. The largest absolute Gasteiger partial charge is 0.279 e. The fourth-order valence-corrected chi connectivity index (χ4v) is 2.78. The summed E-state index contributed by atoms with van der Waals surface area (Å²) in [5, 5.41) is 1.79. The Kier molecular flexibility index (Phi) is 3.10. The van der Waals surface area contributed by atoms with Crippen molar-refractivity contribution in [3.8, 4) is 0 Å². The van der Waals surface area contributed by atoms with Crippen LogP contribution >= 0.6 is 11.6 Å².